The van der Waals surface area contributed by atoms with Gasteiger partial charge in [-0.1, -0.05) is 0 Å². The van der Waals surface area contributed by atoms with E-state index in [-0.39, 0.29) is 5.91 Å². The summed E-state index contributed by atoms with van der Waals surface area (Å²) in [5, 5.41) is 0. The third-order valence-electron chi connectivity index (χ3n) is 0.645. The number of hydrogen-bond donors (Lipinski definition) is 1. The number of hydrogen-bond acceptors (Lipinski definition) is 2. The first-order valence-electron chi connectivity index (χ1n) is 2.09. The highest BCUT2D eigenvalue weighted by atomic mass is 35.5. The van der Waals surface area contributed by atoms with Gasteiger partial charge in [0.15, 0.2) is 4.71 Å². The summed E-state index contributed by atoms with van der Waals surface area (Å²) in [6, 6.07) is 0. The van der Waals surface area contributed by atoms with Gasteiger partial charge >= 0.3 is 0 Å². The lowest BCUT2D eigenvalue weighted by Gasteiger charge is -2.09. The SMILES string of the molecule is CN(C)C(=O)C(S)Cl. The lowest BCUT2D eigenvalue weighted by atomic mass is 10.6. The van der Waals surface area contributed by atoms with E-state index in [1.54, 1.807) is 14.1 Å². The molecule has 0 rings (SSSR count). The molecule has 0 bridgehead atoms. The first-order valence-corrected chi connectivity index (χ1v) is 3.04. The summed E-state index contributed by atoms with van der Waals surface area (Å²) < 4.78 is -0.704. The summed E-state index contributed by atoms with van der Waals surface area (Å²) in [6.45, 7) is 0. The van der Waals surface area contributed by atoms with Gasteiger partial charge in [0.25, 0.3) is 0 Å². The van der Waals surface area contributed by atoms with Crippen LogP contribution in [0.3, 0.4) is 0 Å². The Morgan fingerprint density at radius 3 is 2.12 bits per heavy atom. The Balaban J connectivity index is 3.65. The molecule has 8 heavy (non-hydrogen) atoms. The molecule has 1 unspecified atom stereocenters. The first kappa shape index (κ1) is 8.11. The zero-order valence-electron chi connectivity index (χ0n) is 4.76. The Bertz CT molecular complexity index is 84.0. The van der Waals surface area contributed by atoms with Crippen LogP contribution in [0.5, 0.6) is 0 Å². The fourth-order valence-corrected chi connectivity index (χ4v) is 0.639. The minimum absolute atomic E-state index is 0.185. The van der Waals surface area contributed by atoms with E-state index in [9.17, 15) is 4.79 Å². The van der Waals surface area contributed by atoms with E-state index >= 15 is 0 Å². The summed E-state index contributed by atoms with van der Waals surface area (Å²) in [7, 11) is 3.27. The van der Waals surface area contributed by atoms with E-state index in [2.05, 4.69) is 12.6 Å². The zero-order chi connectivity index (χ0) is 6.73. The van der Waals surface area contributed by atoms with E-state index in [0.29, 0.717) is 0 Å². The van der Waals surface area contributed by atoms with E-state index < -0.39 is 4.71 Å². The number of alkyl halides is 1. The smallest absolute Gasteiger partial charge is 0.250 e. The molecular weight excluding hydrogens is 146 g/mol. The maximum Gasteiger partial charge on any atom is 0.250 e. The van der Waals surface area contributed by atoms with Gasteiger partial charge in [-0.05, 0) is 0 Å². The Morgan fingerprint density at radius 1 is 1.75 bits per heavy atom. The lowest BCUT2D eigenvalue weighted by Crippen LogP contribution is -2.26. The van der Waals surface area contributed by atoms with Crippen LogP contribution in [0.1, 0.15) is 0 Å². The van der Waals surface area contributed by atoms with Gasteiger partial charge in [-0.3, -0.25) is 4.79 Å². The molecule has 0 aromatic rings. The fourth-order valence-electron chi connectivity index (χ4n) is 0.213. The molecule has 0 aromatic heterocycles. The molecule has 0 saturated carbocycles. The molecule has 0 aliphatic heterocycles. The predicted molar refractivity (Wildman–Crippen MR) is 37.3 cm³/mol. The van der Waals surface area contributed by atoms with Gasteiger partial charge in [-0.15, -0.1) is 11.6 Å². The van der Waals surface area contributed by atoms with Crippen LogP contribution >= 0.6 is 24.2 Å². The number of thiol groups is 1. The molecule has 4 heteroatoms. The summed E-state index contributed by atoms with van der Waals surface area (Å²) in [6.07, 6.45) is 0. The number of carbonyl (C=O) groups is 1. The molecule has 0 aliphatic rings. The van der Waals surface area contributed by atoms with Crippen LogP contribution in [0.2, 0.25) is 0 Å². The van der Waals surface area contributed by atoms with Crippen molar-refractivity contribution in [1.29, 1.82) is 0 Å². The van der Waals surface area contributed by atoms with Crippen molar-refractivity contribution in [2.45, 2.75) is 4.71 Å². The Morgan fingerprint density at radius 2 is 2.12 bits per heavy atom. The molecule has 0 radical (unpaired) electrons. The van der Waals surface area contributed by atoms with Crippen LogP contribution in [0.25, 0.3) is 0 Å². The van der Waals surface area contributed by atoms with Crippen molar-refractivity contribution < 1.29 is 4.79 Å². The molecule has 0 heterocycles. The van der Waals surface area contributed by atoms with Gasteiger partial charge in [0.2, 0.25) is 5.91 Å². The average molecular weight is 154 g/mol. The number of carbonyl (C=O) groups excluding carboxylic acids is 1. The number of rotatable bonds is 1. The Kier molecular flexibility index (Phi) is 3.24. The van der Waals surface area contributed by atoms with Crippen LogP contribution < -0.4 is 0 Å². The monoisotopic (exact) mass is 153 g/mol. The summed E-state index contributed by atoms with van der Waals surface area (Å²) in [5.41, 5.74) is 0. The zero-order valence-corrected chi connectivity index (χ0v) is 6.41. The van der Waals surface area contributed by atoms with Crippen LogP contribution in [0, 0.1) is 0 Å². The summed E-state index contributed by atoms with van der Waals surface area (Å²) in [5.74, 6) is -0.185. The minimum atomic E-state index is -0.704. The molecule has 0 saturated heterocycles. The van der Waals surface area contributed by atoms with Gasteiger partial charge in [0, 0.05) is 14.1 Å². The number of nitrogens with zero attached hydrogens (tertiary/aromatic N) is 1. The van der Waals surface area contributed by atoms with Crippen molar-refractivity contribution in [2.24, 2.45) is 0 Å². The Labute approximate surface area is 59.2 Å². The Hall–Kier alpha value is 0.110. The molecule has 2 nitrogen and oxygen atoms in total. The quantitative estimate of drug-likeness (QED) is 0.432. The topological polar surface area (TPSA) is 20.3 Å². The molecule has 0 spiro atoms. The molecule has 0 N–H and O–H groups in total. The van der Waals surface area contributed by atoms with Crippen molar-refractivity contribution in [2.75, 3.05) is 14.1 Å². The summed E-state index contributed by atoms with van der Waals surface area (Å²) in [4.78, 5) is 12.0. The highest BCUT2D eigenvalue weighted by Gasteiger charge is 2.10. The minimum Gasteiger partial charge on any atom is -0.347 e. The highest BCUT2D eigenvalue weighted by molar-refractivity contribution is 7.83. The van der Waals surface area contributed by atoms with Crippen LogP contribution in [-0.4, -0.2) is 29.6 Å². The number of halogens is 1. The van der Waals surface area contributed by atoms with E-state index in [1.165, 1.54) is 4.90 Å². The maximum atomic E-state index is 10.6. The molecule has 0 fully saturated rings. The molecular formula is C4H8ClNOS. The van der Waals surface area contributed by atoms with Gasteiger partial charge in [-0.2, -0.15) is 12.6 Å². The second kappa shape index (κ2) is 3.20. The third-order valence-corrected chi connectivity index (χ3v) is 1.05. The largest absolute Gasteiger partial charge is 0.347 e. The van der Waals surface area contributed by atoms with Crippen molar-refractivity contribution in [1.82, 2.24) is 4.90 Å². The molecule has 0 aliphatic carbocycles. The van der Waals surface area contributed by atoms with Crippen LogP contribution in [0.4, 0.5) is 0 Å². The van der Waals surface area contributed by atoms with Crippen molar-refractivity contribution in [3.63, 3.8) is 0 Å². The lowest BCUT2D eigenvalue weighted by molar-refractivity contribution is -0.126. The molecule has 1 atom stereocenters. The third kappa shape index (κ3) is 2.43. The fraction of sp³-hybridized carbons (Fsp3) is 0.750. The second-order valence-electron chi connectivity index (χ2n) is 1.57. The van der Waals surface area contributed by atoms with Crippen LogP contribution in [-0.2, 0) is 4.79 Å². The van der Waals surface area contributed by atoms with Gasteiger partial charge < -0.3 is 4.90 Å². The average Bonchev–Trinajstić information content (AvgIpc) is 1.64. The van der Waals surface area contributed by atoms with Crippen molar-refractivity contribution in [3.05, 3.63) is 0 Å². The van der Waals surface area contributed by atoms with Crippen molar-refractivity contribution in [3.8, 4) is 0 Å². The van der Waals surface area contributed by atoms with E-state index in [1.807, 2.05) is 0 Å². The normalized spacial score (nSPS) is 13.0. The molecule has 0 aromatic carbocycles. The number of amides is 1. The highest BCUT2D eigenvalue weighted by Crippen LogP contribution is 2.02. The second-order valence-corrected chi connectivity index (χ2v) is 2.83. The van der Waals surface area contributed by atoms with Gasteiger partial charge in [-0.25, -0.2) is 0 Å². The van der Waals surface area contributed by atoms with E-state index in [4.69, 9.17) is 11.6 Å². The first-order chi connectivity index (χ1) is 3.55. The van der Waals surface area contributed by atoms with Crippen LogP contribution in [0.15, 0.2) is 0 Å². The van der Waals surface area contributed by atoms with Gasteiger partial charge in [0.1, 0.15) is 0 Å². The van der Waals surface area contributed by atoms with Crippen molar-refractivity contribution >= 4 is 30.1 Å². The van der Waals surface area contributed by atoms with Gasteiger partial charge in [0.05, 0.1) is 0 Å². The molecule has 48 valence electrons. The summed E-state index contributed by atoms with van der Waals surface area (Å²) >= 11 is 9.00. The standard InChI is InChI=1S/C4H8ClNOS/c1-6(2)4(7)3(5)8/h3,8H,1-2H3. The predicted octanol–water partition coefficient (Wildman–Crippen LogP) is 0.569. The maximum absolute atomic E-state index is 10.6. The molecule has 1 amide bonds. The van der Waals surface area contributed by atoms with E-state index in [0.717, 1.165) is 0 Å².